The first-order chi connectivity index (χ1) is 11.0. The lowest BCUT2D eigenvalue weighted by Crippen LogP contribution is -1.99. The number of carbonyl (C=O) groups is 1. The SMILES string of the molecule is COc1cc(/C=C(\C#N)C(=O)c2cccs2)cc([N+](=O)[O-])c1O. The molecule has 2 aromatic rings. The van der Waals surface area contributed by atoms with Gasteiger partial charge in [0.25, 0.3) is 0 Å². The quantitative estimate of drug-likeness (QED) is 0.296. The molecule has 1 N–H and O–H groups in total. The Kier molecular flexibility index (Phi) is 4.73. The number of nitrogens with zero attached hydrogens (tertiary/aromatic N) is 2. The highest BCUT2D eigenvalue weighted by molar-refractivity contribution is 7.12. The number of hydrogen-bond acceptors (Lipinski definition) is 7. The summed E-state index contributed by atoms with van der Waals surface area (Å²) >= 11 is 1.19. The maximum atomic E-state index is 12.2. The molecule has 0 amide bonds. The molecule has 1 aromatic carbocycles. The predicted octanol–water partition coefficient (Wildman–Crippen LogP) is 3.16. The van der Waals surface area contributed by atoms with Crippen LogP contribution in [0.2, 0.25) is 0 Å². The second-order valence-corrected chi connectivity index (χ2v) is 5.27. The van der Waals surface area contributed by atoms with Crippen molar-refractivity contribution in [3.8, 4) is 17.6 Å². The number of ether oxygens (including phenoxy) is 1. The van der Waals surface area contributed by atoms with Crippen molar-refractivity contribution in [2.45, 2.75) is 0 Å². The molecule has 2 rings (SSSR count). The number of aromatic hydroxyl groups is 1. The van der Waals surface area contributed by atoms with Crippen LogP contribution in [-0.2, 0) is 0 Å². The van der Waals surface area contributed by atoms with Crippen molar-refractivity contribution in [1.29, 1.82) is 5.26 Å². The second kappa shape index (κ2) is 6.72. The molecule has 0 atom stereocenters. The Hall–Kier alpha value is -3.18. The van der Waals surface area contributed by atoms with Crippen molar-refractivity contribution in [2.24, 2.45) is 0 Å². The lowest BCUT2D eigenvalue weighted by molar-refractivity contribution is -0.386. The summed E-state index contributed by atoms with van der Waals surface area (Å²) in [7, 11) is 1.24. The van der Waals surface area contributed by atoms with Crippen LogP contribution in [0.4, 0.5) is 5.69 Å². The number of allylic oxidation sites excluding steroid dienone is 1. The molecule has 0 aliphatic rings. The van der Waals surface area contributed by atoms with Gasteiger partial charge in [0.1, 0.15) is 11.6 Å². The minimum Gasteiger partial charge on any atom is -0.500 e. The fraction of sp³-hybridized carbons (Fsp3) is 0.0667. The number of phenols is 1. The molecule has 1 heterocycles. The van der Waals surface area contributed by atoms with Crippen molar-refractivity contribution < 1.29 is 19.6 Å². The topological polar surface area (TPSA) is 113 Å². The van der Waals surface area contributed by atoms with E-state index in [2.05, 4.69) is 0 Å². The van der Waals surface area contributed by atoms with Crippen molar-refractivity contribution in [2.75, 3.05) is 7.11 Å². The maximum absolute atomic E-state index is 12.2. The van der Waals surface area contributed by atoms with Crippen molar-refractivity contribution >= 4 is 28.9 Å². The van der Waals surface area contributed by atoms with Crippen LogP contribution < -0.4 is 4.74 Å². The van der Waals surface area contributed by atoms with E-state index < -0.39 is 22.1 Å². The summed E-state index contributed by atoms with van der Waals surface area (Å²) < 4.78 is 4.87. The predicted molar refractivity (Wildman–Crippen MR) is 83.6 cm³/mol. The molecule has 0 bridgehead atoms. The molecule has 0 aliphatic heterocycles. The van der Waals surface area contributed by atoms with Gasteiger partial charge in [0.05, 0.1) is 16.9 Å². The molecule has 8 heteroatoms. The van der Waals surface area contributed by atoms with Gasteiger partial charge in [-0.1, -0.05) is 6.07 Å². The van der Waals surface area contributed by atoms with Crippen molar-refractivity contribution in [1.82, 2.24) is 0 Å². The van der Waals surface area contributed by atoms with E-state index in [1.54, 1.807) is 23.6 Å². The number of rotatable bonds is 5. The first-order valence-corrected chi connectivity index (χ1v) is 7.11. The van der Waals surface area contributed by atoms with Crippen LogP contribution in [0.15, 0.2) is 35.2 Å². The molecule has 0 aliphatic carbocycles. The molecule has 0 saturated heterocycles. The van der Waals surface area contributed by atoms with Gasteiger partial charge < -0.3 is 9.84 Å². The Morgan fingerprint density at radius 2 is 2.26 bits per heavy atom. The van der Waals surface area contributed by atoms with Crippen LogP contribution in [0.5, 0.6) is 11.5 Å². The fourth-order valence-electron chi connectivity index (χ4n) is 1.85. The Labute approximate surface area is 134 Å². The standard InChI is InChI=1S/C15H10N2O5S/c1-22-12-7-9(6-11(15(12)19)17(20)21)5-10(8-16)14(18)13-3-2-4-23-13/h2-7,19H,1H3/b10-5+. The highest BCUT2D eigenvalue weighted by Gasteiger charge is 2.20. The summed E-state index contributed by atoms with van der Waals surface area (Å²) in [6, 6.07) is 7.42. The summed E-state index contributed by atoms with van der Waals surface area (Å²) in [6.45, 7) is 0. The third-order valence-corrected chi connectivity index (χ3v) is 3.78. The van der Waals surface area contributed by atoms with Gasteiger partial charge in [-0.25, -0.2) is 0 Å². The van der Waals surface area contributed by atoms with E-state index in [1.807, 2.05) is 0 Å². The molecular weight excluding hydrogens is 320 g/mol. The van der Waals surface area contributed by atoms with E-state index in [1.165, 1.54) is 30.6 Å². The summed E-state index contributed by atoms with van der Waals surface area (Å²) in [4.78, 5) is 22.8. The number of ketones is 1. The van der Waals surface area contributed by atoms with Gasteiger partial charge in [0.15, 0.2) is 5.75 Å². The molecule has 23 heavy (non-hydrogen) atoms. The molecule has 7 nitrogen and oxygen atoms in total. The number of methoxy groups -OCH3 is 1. The molecule has 0 saturated carbocycles. The first kappa shape index (κ1) is 16.2. The summed E-state index contributed by atoms with van der Waals surface area (Å²) in [5, 5.41) is 31.5. The van der Waals surface area contributed by atoms with Crippen LogP contribution in [0.1, 0.15) is 15.2 Å². The van der Waals surface area contributed by atoms with E-state index in [0.29, 0.717) is 4.88 Å². The molecule has 0 radical (unpaired) electrons. The number of benzene rings is 1. The number of Topliss-reactive ketones (excluding diaryl/α,β-unsaturated/α-hetero) is 1. The van der Waals surface area contributed by atoms with Gasteiger partial charge >= 0.3 is 5.69 Å². The average Bonchev–Trinajstić information content (AvgIpc) is 3.07. The number of nitro benzene ring substituents is 1. The smallest absolute Gasteiger partial charge is 0.315 e. The number of phenolic OH excluding ortho intramolecular Hbond substituents is 1. The molecule has 0 spiro atoms. The normalized spacial score (nSPS) is 10.9. The Morgan fingerprint density at radius 3 is 2.78 bits per heavy atom. The number of hydrogen-bond donors (Lipinski definition) is 1. The number of nitro groups is 1. The summed E-state index contributed by atoms with van der Waals surface area (Å²) in [6.07, 6.45) is 1.22. The lowest BCUT2D eigenvalue weighted by Gasteiger charge is -2.05. The summed E-state index contributed by atoms with van der Waals surface area (Å²) in [5.74, 6) is -1.21. The molecule has 116 valence electrons. The van der Waals surface area contributed by atoms with Crippen molar-refractivity contribution in [3.63, 3.8) is 0 Å². The Bertz CT molecular complexity index is 834. The number of carbonyl (C=O) groups excluding carboxylic acids is 1. The average molecular weight is 330 g/mol. The van der Waals surface area contributed by atoms with Gasteiger partial charge in [0.2, 0.25) is 11.5 Å². The largest absolute Gasteiger partial charge is 0.500 e. The van der Waals surface area contributed by atoms with E-state index in [-0.39, 0.29) is 16.9 Å². The minimum atomic E-state index is -0.775. The van der Waals surface area contributed by atoms with Gasteiger partial charge in [-0.3, -0.25) is 14.9 Å². The van der Waals surface area contributed by atoms with Gasteiger partial charge in [-0.2, -0.15) is 5.26 Å². The molecule has 1 aromatic heterocycles. The van der Waals surface area contributed by atoms with Crippen LogP contribution in [0.3, 0.4) is 0 Å². The zero-order valence-corrected chi connectivity index (χ0v) is 12.7. The fourth-order valence-corrected chi connectivity index (χ4v) is 2.53. The highest BCUT2D eigenvalue weighted by Crippen LogP contribution is 2.37. The Balaban J connectivity index is 2.52. The molecule has 0 unspecified atom stereocenters. The van der Waals surface area contributed by atoms with E-state index in [4.69, 9.17) is 10.00 Å². The van der Waals surface area contributed by atoms with Crippen molar-refractivity contribution in [3.05, 3.63) is 55.8 Å². The zero-order valence-electron chi connectivity index (χ0n) is 11.8. The van der Waals surface area contributed by atoms with E-state index in [9.17, 15) is 20.0 Å². The van der Waals surface area contributed by atoms with Gasteiger partial charge in [0, 0.05) is 6.07 Å². The minimum absolute atomic E-state index is 0.119. The Morgan fingerprint density at radius 1 is 1.52 bits per heavy atom. The molecular formula is C15H10N2O5S. The second-order valence-electron chi connectivity index (χ2n) is 4.32. The molecule has 0 fully saturated rings. The van der Waals surface area contributed by atoms with Crippen LogP contribution in [0, 0.1) is 21.4 Å². The monoisotopic (exact) mass is 330 g/mol. The first-order valence-electron chi connectivity index (χ1n) is 6.23. The number of thiophene rings is 1. The third kappa shape index (κ3) is 3.36. The highest BCUT2D eigenvalue weighted by atomic mass is 32.1. The van der Waals surface area contributed by atoms with Crippen LogP contribution in [-0.4, -0.2) is 22.9 Å². The van der Waals surface area contributed by atoms with Crippen LogP contribution >= 0.6 is 11.3 Å². The zero-order chi connectivity index (χ0) is 17.0. The van der Waals surface area contributed by atoms with Gasteiger partial charge in [-0.15, -0.1) is 11.3 Å². The van der Waals surface area contributed by atoms with Crippen LogP contribution in [0.25, 0.3) is 6.08 Å². The summed E-state index contributed by atoms with van der Waals surface area (Å²) in [5.41, 5.74) is -0.543. The maximum Gasteiger partial charge on any atom is 0.315 e. The third-order valence-electron chi connectivity index (χ3n) is 2.91. The van der Waals surface area contributed by atoms with E-state index >= 15 is 0 Å². The lowest BCUT2D eigenvalue weighted by atomic mass is 10.1. The number of nitriles is 1. The van der Waals surface area contributed by atoms with E-state index in [0.717, 1.165) is 6.07 Å². The van der Waals surface area contributed by atoms with Gasteiger partial charge in [-0.05, 0) is 29.2 Å².